The number of rotatable bonds is 7. The van der Waals surface area contributed by atoms with E-state index in [0.29, 0.717) is 30.7 Å². The van der Waals surface area contributed by atoms with Crippen LogP contribution in [0.1, 0.15) is 57.9 Å². The predicted molar refractivity (Wildman–Crippen MR) is 125 cm³/mol. The molecule has 3 aliphatic carbocycles. The first-order valence-corrected chi connectivity index (χ1v) is 12.3. The van der Waals surface area contributed by atoms with Gasteiger partial charge in [-0.25, -0.2) is 9.18 Å². The molecule has 0 radical (unpaired) electrons. The maximum atomic E-state index is 13.5. The summed E-state index contributed by atoms with van der Waals surface area (Å²) in [6.45, 7) is 6.50. The first-order valence-electron chi connectivity index (χ1n) is 11.9. The Morgan fingerprint density at radius 1 is 1.36 bits per heavy atom. The molecule has 6 rings (SSSR count). The van der Waals surface area contributed by atoms with E-state index in [1.807, 2.05) is 20.8 Å². The van der Waals surface area contributed by atoms with E-state index in [2.05, 4.69) is 15.5 Å². The molecule has 4 aliphatic rings. The van der Waals surface area contributed by atoms with Gasteiger partial charge in [0.15, 0.2) is 6.10 Å². The van der Waals surface area contributed by atoms with E-state index in [-0.39, 0.29) is 29.1 Å². The summed E-state index contributed by atoms with van der Waals surface area (Å²) in [4.78, 5) is 14.0. The van der Waals surface area contributed by atoms with E-state index in [1.165, 1.54) is 12.1 Å². The van der Waals surface area contributed by atoms with E-state index >= 15 is 0 Å². The first kappa shape index (κ1) is 25.2. The first-order chi connectivity index (χ1) is 17.0. The molecule has 3 saturated carbocycles. The molecule has 1 aromatic carbocycles. The number of carbonyl (C=O) groups is 1. The number of aliphatic hydroxyl groups is 1. The topological polar surface area (TPSA) is 119 Å². The summed E-state index contributed by atoms with van der Waals surface area (Å²) in [5.41, 5.74) is -1.03. The van der Waals surface area contributed by atoms with Crippen molar-refractivity contribution in [2.75, 3.05) is 26.3 Å². The summed E-state index contributed by atoms with van der Waals surface area (Å²) in [6.07, 6.45) is 0.391. The molecule has 10 nitrogen and oxygen atoms in total. The van der Waals surface area contributed by atoms with Crippen molar-refractivity contribution >= 4 is 17.7 Å². The van der Waals surface area contributed by atoms with Gasteiger partial charge in [-0.15, -0.1) is 10.2 Å². The summed E-state index contributed by atoms with van der Waals surface area (Å²) >= 11 is 5.67. The third kappa shape index (κ3) is 5.02. The zero-order chi connectivity index (χ0) is 25.7. The van der Waals surface area contributed by atoms with Crippen LogP contribution in [0.15, 0.2) is 22.6 Å². The molecule has 4 fully saturated rings. The van der Waals surface area contributed by atoms with Gasteiger partial charge in [0, 0.05) is 18.2 Å². The molecule has 196 valence electrons. The van der Waals surface area contributed by atoms with Gasteiger partial charge in [-0.3, -0.25) is 5.32 Å². The fourth-order valence-corrected chi connectivity index (χ4v) is 5.29. The maximum Gasteiger partial charge on any atom is 0.410 e. The lowest BCUT2D eigenvalue weighted by Crippen LogP contribution is -2.77. The zero-order valence-electron chi connectivity index (χ0n) is 20.4. The number of amides is 1. The summed E-state index contributed by atoms with van der Waals surface area (Å²) < 4.78 is 36.2. The number of aromatic nitrogens is 2. The van der Waals surface area contributed by atoms with Crippen LogP contribution >= 0.6 is 11.6 Å². The lowest BCUT2D eigenvalue weighted by molar-refractivity contribution is -0.133. The van der Waals surface area contributed by atoms with Crippen LogP contribution in [-0.4, -0.2) is 70.0 Å². The second-order valence-corrected chi connectivity index (χ2v) is 11.3. The SMILES string of the molecule is CC(C)(C)OC(=O)N1CCO[C@H](c2nnc(C34CC(NC(O)COc5ccc(Cl)c(F)c5)(C3)C4)o2)C1. The molecule has 0 spiro atoms. The number of aliphatic hydroxyl groups excluding tert-OH is 1. The van der Waals surface area contributed by atoms with Crippen LogP contribution in [0.3, 0.4) is 0 Å². The number of hydrogen-bond acceptors (Lipinski definition) is 9. The van der Waals surface area contributed by atoms with Crippen molar-refractivity contribution in [3.05, 3.63) is 40.8 Å². The van der Waals surface area contributed by atoms with Gasteiger partial charge in [0.1, 0.15) is 30.0 Å². The van der Waals surface area contributed by atoms with Crippen molar-refractivity contribution in [1.82, 2.24) is 20.4 Å². The normalized spacial score (nSPS) is 28.2. The third-order valence-electron chi connectivity index (χ3n) is 6.69. The minimum Gasteiger partial charge on any atom is -0.489 e. The average Bonchev–Trinajstić information content (AvgIpc) is 3.25. The monoisotopic (exact) mass is 524 g/mol. The molecule has 1 saturated heterocycles. The lowest BCUT2D eigenvalue weighted by Gasteiger charge is -2.69. The van der Waals surface area contributed by atoms with Crippen LogP contribution in [0, 0.1) is 5.82 Å². The van der Waals surface area contributed by atoms with Crippen LogP contribution in [0.4, 0.5) is 9.18 Å². The summed E-state index contributed by atoms with van der Waals surface area (Å²) in [5.74, 6) is 0.601. The number of nitrogens with zero attached hydrogens (tertiary/aromatic N) is 3. The number of halogens is 2. The summed E-state index contributed by atoms with van der Waals surface area (Å²) in [5, 5.41) is 22.0. The van der Waals surface area contributed by atoms with Gasteiger partial charge in [0.25, 0.3) is 0 Å². The number of carbonyl (C=O) groups excluding carboxylic acids is 1. The maximum absolute atomic E-state index is 13.5. The molecule has 1 unspecified atom stereocenters. The standard InChI is InChI=1S/C24H30ClFN4O6/c1-22(2,3)36-21(32)30-6-7-33-17(9-30)19-28-29-20(35-19)23-11-24(12-23,13-23)27-18(31)10-34-14-4-5-15(25)16(26)8-14/h4-5,8,17-18,27,31H,6-7,9-13H2,1-3H3/t17-,18?,23?,24?/m0/s1. The highest BCUT2D eigenvalue weighted by Crippen LogP contribution is 2.67. The Labute approximate surface area is 213 Å². The van der Waals surface area contributed by atoms with Crippen molar-refractivity contribution < 1.29 is 32.9 Å². The van der Waals surface area contributed by atoms with Crippen LogP contribution in [0.2, 0.25) is 5.02 Å². The van der Waals surface area contributed by atoms with E-state index in [9.17, 15) is 14.3 Å². The lowest BCUT2D eigenvalue weighted by atomic mass is 9.39. The van der Waals surface area contributed by atoms with E-state index in [0.717, 1.165) is 19.3 Å². The number of nitrogens with one attached hydrogen (secondary N) is 1. The van der Waals surface area contributed by atoms with Gasteiger partial charge in [0.2, 0.25) is 11.8 Å². The molecular formula is C24H30ClFN4O6. The average molecular weight is 525 g/mol. The summed E-state index contributed by atoms with van der Waals surface area (Å²) in [6, 6.07) is 4.13. The molecule has 36 heavy (non-hydrogen) atoms. The number of morpholine rings is 1. The van der Waals surface area contributed by atoms with E-state index in [1.54, 1.807) is 11.0 Å². The molecule has 1 aromatic heterocycles. The van der Waals surface area contributed by atoms with E-state index in [4.69, 9.17) is 30.2 Å². The highest BCUT2D eigenvalue weighted by molar-refractivity contribution is 6.30. The molecule has 1 aliphatic heterocycles. The third-order valence-corrected chi connectivity index (χ3v) is 7.00. The fourth-order valence-electron chi connectivity index (χ4n) is 5.17. The largest absolute Gasteiger partial charge is 0.489 e. The molecule has 2 N–H and O–H groups in total. The Morgan fingerprint density at radius 3 is 2.81 bits per heavy atom. The minimum absolute atomic E-state index is 0.0137. The Kier molecular flexibility index (Phi) is 6.39. The van der Waals surface area contributed by atoms with Crippen LogP contribution in [0.25, 0.3) is 0 Å². The van der Waals surface area contributed by atoms with Gasteiger partial charge < -0.3 is 28.6 Å². The molecule has 12 heteroatoms. The molecule has 2 heterocycles. The van der Waals surface area contributed by atoms with Crippen molar-refractivity contribution in [3.63, 3.8) is 0 Å². The Hall–Kier alpha value is -2.47. The number of benzene rings is 1. The number of ether oxygens (including phenoxy) is 3. The highest BCUT2D eigenvalue weighted by Gasteiger charge is 2.71. The Balaban J connectivity index is 1.11. The molecule has 1 amide bonds. The molecule has 2 bridgehead atoms. The van der Waals surface area contributed by atoms with Crippen LogP contribution in [-0.2, 0) is 14.9 Å². The highest BCUT2D eigenvalue weighted by atomic mass is 35.5. The molecule has 2 atom stereocenters. The van der Waals surface area contributed by atoms with E-state index < -0.39 is 29.8 Å². The van der Waals surface area contributed by atoms with Crippen molar-refractivity contribution in [1.29, 1.82) is 0 Å². The smallest absolute Gasteiger partial charge is 0.410 e. The van der Waals surface area contributed by atoms with Gasteiger partial charge in [-0.1, -0.05) is 11.6 Å². The van der Waals surface area contributed by atoms with Gasteiger partial charge in [-0.05, 0) is 52.2 Å². The van der Waals surface area contributed by atoms with Crippen molar-refractivity contribution in [3.8, 4) is 5.75 Å². The van der Waals surface area contributed by atoms with Crippen LogP contribution < -0.4 is 10.1 Å². The quantitative estimate of drug-likeness (QED) is 0.525. The predicted octanol–water partition coefficient (Wildman–Crippen LogP) is 3.33. The molecule has 2 aromatic rings. The Bertz CT molecular complexity index is 1120. The van der Waals surface area contributed by atoms with Gasteiger partial charge in [0.05, 0.1) is 23.6 Å². The van der Waals surface area contributed by atoms with Crippen molar-refractivity contribution in [2.45, 2.75) is 68.9 Å². The second-order valence-electron chi connectivity index (χ2n) is 10.9. The minimum atomic E-state index is -0.922. The Morgan fingerprint density at radius 2 is 2.11 bits per heavy atom. The van der Waals surface area contributed by atoms with Crippen LogP contribution in [0.5, 0.6) is 5.75 Å². The zero-order valence-corrected chi connectivity index (χ0v) is 21.2. The fraction of sp³-hybridized carbons (Fsp3) is 0.625. The van der Waals surface area contributed by atoms with Gasteiger partial charge in [-0.2, -0.15) is 0 Å². The number of hydrogen-bond donors (Lipinski definition) is 2. The second kappa shape index (κ2) is 9.13. The van der Waals surface area contributed by atoms with Gasteiger partial charge >= 0.3 is 6.09 Å². The van der Waals surface area contributed by atoms with Crippen molar-refractivity contribution in [2.24, 2.45) is 0 Å². The molecular weight excluding hydrogens is 495 g/mol. The summed E-state index contributed by atoms with van der Waals surface area (Å²) in [7, 11) is 0.